The van der Waals surface area contributed by atoms with Crippen molar-refractivity contribution in [3.05, 3.63) is 61.7 Å². The quantitative estimate of drug-likeness (QED) is 0.140. The molecule has 0 atom stereocenters. The van der Waals surface area contributed by atoms with Gasteiger partial charge in [0.05, 0.1) is 24.5 Å². The molecule has 4 rings (SSSR count). The van der Waals surface area contributed by atoms with E-state index >= 15 is 0 Å². The minimum atomic E-state index is -1.21. The molecule has 4 aromatic rings. The zero-order chi connectivity index (χ0) is 28.2. The summed E-state index contributed by atoms with van der Waals surface area (Å²) in [5, 5.41) is 17.4. The van der Waals surface area contributed by atoms with E-state index in [1.54, 1.807) is 55.2 Å². The van der Waals surface area contributed by atoms with Gasteiger partial charge < -0.3 is 24.5 Å². The first kappa shape index (κ1) is 28.2. The number of nitrogens with one attached hydrogen (secondary N) is 1. The van der Waals surface area contributed by atoms with Crippen LogP contribution in [0.5, 0.6) is 11.6 Å². The second kappa shape index (κ2) is 11.5. The average molecular weight is 549 g/mol. The maximum absolute atomic E-state index is 11.7. The third kappa shape index (κ3) is 7.85. The maximum atomic E-state index is 11.7. The minimum absolute atomic E-state index is 0.303. The van der Waals surface area contributed by atoms with Gasteiger partial charge in [-0.1, -0.05) is 32.3 Å². The van der Waals surface area contributed by atoms with E-state index in [1.807, 2.05) is 17.0 Å². The van der Waals surface area contributed by atoms with Gasteiger partial charge in [0.2, 0.25) is 11.8 Å². The number of rotatable bonds is 12. The van der Waals surface area contributed by atoms with Gasteiger partial charge in [-0.2, -0.15) is 5.10 Å². The number of anilines is 1. The lowest BCUT2D eigenvalue weighted by Crippen LogP contribution is -2.26. The molecule has 0 fully saturated rings. The third-order valence-corrected chi connectivity index (χ3v) is 7.48. The largest absolute Gasteiger partial charge is 0.437 e. The Bertz CT molecular complexity index is 1460. The Kier molecular flexibility index (Phi) is 8.33. The second-order valence-corrected chi connectivity index (χ2v) is 16.9. The van der Waals surface area contributed by atoms with Crippen molar-refractivity contribution in [3.8, 4) is 22.8 Å². The zero-order valence-electron chi connectivity index (χ0n) is 23.1. The predicted molar refractivity (Wildman–Crippen MR) is 154 cm³/mol. The van der Waals surface area contributed by atoms with E-state index in [9.17, 15) is 9.90 Å². The van der Waals surface area contributed by atoms with Crippen LogP contribution in [0, 0.1) is 0 Å². The van der Waals surface area contributed by atoms with Gasteiger partial charge in [-0.25, -0.2) is 9.97 Å². The van der Waals surface area contributed by atoms with Crippen LogP contribution in [0.4, 0.5) is 5.69 Å². The molecule has 0 aliphatic rings. The van der Waals surface area contributed by atoms with Gasteiger partial charge in [-0.3, -0.25) is 9.48 Å². The number of hydrogen-bond donors (Lipinski definition) is 2. The van der Waals surface area contributed by atoms with Crippen molar-refractivity contribution >= 4 is 30.8 Å². The molecule has 2 N–H and O–H groups in total. The lowest BCUT2D eigenvalue weighted by molar-refractivity contribution is -0.111. The molecule has 0 aliphatic heterocycles. The average Bonchev–Trinajstić information content (AvgIpc) is 3.44. The normalized spacial score (nSPS) is 12.1. The highest BCUT2D eigenvalue weighted by atomic mass is 28.3. The van der Waals surface area contributed by atoms with Crippen LogP contribution in [0.3, 0.4) is 0 Å². The summed E-state index contributed by atoms with van der Waals surface area (Å²) in [6, 6.07) is 8.07. The highest BCUT2D eigenvalue weighted by molar-refractivity contribution is 6.76. The van der Waals surface area contributed by atoms with E-state index < -0.39 is 13.7 Å². The fourth-order valence-corrected chi connectivity index (χ4v) is 4.63. The number of hydrogen-bond acceptors (Lipinski definition) is 7. The molecular formula is C28H36N6O4Si. The van der Waals surface area contributed by atoms with E-state index in [4.69, 9.17) is 14.5 Å². The fourth-order valence-electron chi connectivity index (χ4n) is 3.87. The van der Waals surface area contributed by atoms with Gasteiger partial charge in [0.1, 0.15) is 18.0 Å². The number of carbonyl (C=O) groups is 1. The Labute approximate surface area is 229 Å². The zero-order valence-corrected chi connectivity index (χ0v) is 24.1. The van der Waals surface area contributed by atoms with Crippen molar-refractivity contribution < 1.29 is 19.4 Å². The van der Waals surface area contributed by atoms with Crippen LogP contribution >= 0.6 is 0 Å². The number of fused-ring (bicyclic) bond motifs is 1. The van der Waals surface area contributed by atoms with Crippen molar-refractivity contribution in [1.82, 2.24) is 24.3 Å². The minimum Gasteiger partial charge on any atom is -0.437 e. The highest BCUT2D eigenvalue weighted by Crippen LogP contribution is 2.31. The molecule has 1 amide bonds. The van der Waals surface area contributed by atoms with E-state index in [0.717, 1.165) is 17.2 Å². The lowest BCUT2D eigenvalue weighted by Gasteiger charge is -2.16. The van der Waals surface area contributed by atoms with Crippen molar-refractivity contribution in [2.24, 2.45) is 0 Å². The number of ether oxygens (including phenoxy) is 2. The van der Waals surface area contributed by atoms with Crippen LogP contribution in [0.25, 0.3) is 22.3 Å². The Hall–Kier alpha value is -3.80. The highest BCUT2D eigenvalue weighted by Gasteiger charge is 2.19. The van der Waals surface area contributed by atoms with Gasteiger partial charge in [-0.15, -0.1) is 0 Å². The summed E-state index contributed by atoms with van der Waals surface area (Å²) in [5.41, 5.74) is 2.64. The number of nitrogens with zero attached hydrogens (tertiary/aromatic N) is 5. The molecule has 39 heavy (non-hydrogen) atoms. The van der Waals surface area contributed by atoms with Crippen molar-refractivity contribution in [3.63, 3.8) is 0 Å². The number of aliphatic hydroxyl groups is 1. The van der Waals surface area contributed by atoms with Gasteiger partial charge in [-0.05, 0) is 38.1 Å². The van der Waals surface area contributed by atoms with Gasteiger partial charge in [0.25, 0.3) is 0 Å². The monoisotopic (exact) mass is 548 g/mol. The molecule has 10 nitrogen and oxygen atoms in total. The van der Waals surface area contributed by atoms with Crippen LogP contribution in [-0.4, -0.2) is 55.6 Å². The Morgan fingerprint density at radius 2 is 2.03 bits per heavy atom. The number of aromatic nitrogens is 5. The number of benzene rings is 1. The summed E-state index contributed by atoms with van der Waals surface area (Å²) in [6.45, 7) is 15.3. The molecule has 11 heteroatoms. The Morgan fingerprint density at radius 3 is 2.74 bits per heavy atom. The summed E-state index contributed by atoms with van der Waals surface area (Å²) in [6.07, 6.45) is 8.36. The molecule has 1 aromatic carbocycles. The molecule has 0 aliphatic carbocycles. The molecule has 0 bridgehead atoms. The van der Waals surface area contributed by atoms with E-state index in [1.165, 1.54) is 6.08 Å². The molecule has 206 valence electrons. The maximum Gasteiger partial charge on any atom is 0.247 e. The second-order valence-electron chi connectivity index (χ2n) is 11.3. The first-order chi connectivity index (χ1) is 18.4. The summed E-state index contributed by atoms with van der Waals surface area (Å²) in [5.74, 6) is 0.493. The first-order valence-electron chi connectivity index (χ1n) is 12.8. The summed E-state index contributed by atoms with van der Waals surface area (Å²) in [7, 11) is -1.21. The van der Waals surface area contributed by atoms with E-state index in [0.29, 0.717) is 48.4 Å². The topological polar surface area (TPSA) is 116 Å². The predicted octanol–water partition coefficient (Wildman–Crippen LogP) is 5.29. The number of carbonyl (C=O) groups excluding carboxylic acids is 1. The van der Waals surface area contributed by atoms with E-state index in [2.05, 4.69) is 41.6 Å². The molecule has 0 saturated heterocycles. The first-order valence-corrected chi connectivity index (χ1v) is 16.5. The molecular weight excluding hydrogens is 512 g/mol. The van der Waals surface area contributed by atoms with Gasteiger partial charge in [0, 0.05) is 50.0 Å². The molecule has 0 unspecified atom stereocenters. The van der Waals surface area contributed by atoms with Gasteiger partial charge >= 0.3 is 0 Å². The van der Waals surface area contributed by atoms with Crippen LogP contribution in [0.15, 0.2) is 61.7 Å². The smallest absolute Gasteiger partial charge is 0.247 e. The molecule has 3 aromatic heterocycles. The molecule has 3 heterocycles. The van der Waals surface area contributed by atoms with Crippen LogP contribution in [-0.2, 0) is 22.8 Å². The van der Waals surface area contributed by atoms with Crippen molar-refractivity contribution in [2.45, 2.75) is 58.4 Å². The van der Waals surface area contributed by atoms with E-state index in [-0.39, 0.29) is 5.91 Å². The third-order valence-electron chi connectivity index (χ3n) is 5.77. The van der Waals surface area contributed by atoms with Crippen molar-refractivity contribution in [1.29, 1.82) is 0 Å². The summed E-state index contributed by atoms with van der Waals surface area (Å²) < 4.78 is 15.7. The Morgan fingerprint density at radius 1 is 1.23 bits per heavy atom. The van der Waals surface area contributed by atoms with Crippen LogP contribution in [0.1, 0.15) is 13.8 Å². The SMILES string of the molecule is C=CC(=O)Nc1cccc(Oc2cnc3c(n2)c(-c2cnn(CC(C)(C)O)c2)cn3COCC[Si](C)(C)C)c1. The molecule has 0 saturated carbocycles. The standard InChI is InChI=1S/C28H36N6O4Si/c1-7-24(35)31-21-9-8-10-22(13-21)38-25-15-29-27-26(32-25)23(17-33(27)19-37-11-12-39(4,5)6)20-14-30-34(16-20)18-28(2,3)36/h7-10,13-17,36H,1,11-12,18-19H2,2-6H3,(H,31,35). The lowest BCUT2D eigenvalue weighted by atomic mass is 10.1. The molecule has 0 radical (unpaired) electrons. The Balaban J connectivity index is 1.65. The summed E-state index contributed by atoms with van der Waals surface area (Å²) in [4.78, 5) is 21.1. The fraction of sp³-hybridized carbons (Fsp3) is 0.357. The van der Waals surface area contributed by atoms with Crippen molar-refractivity contribution in [2.75, 3.05) is 11.9 Å². The molecule has 0 spiro atoms. The van der Waals surface area contributed by atoms with Crippen LogP contribution in [0.2, 0.25) is 25.7 Å². The van der Waals surface area contributed by atoms with Gasteiger partial charge in [0.15, 0.2) is 5.65 Å². The summed E-state index contributed by atoms with van der Waals surface area (Å²) >= 11 is 0. The van der Waals surface area contributed by atoms with Crippen LogP contribution < -0.4 is 10.1 Å². The number of amides is 1.